The van der Waals surface area contributed by atoms with Crippen LogP contribution in [0.4, 0.5) is 4.39 Å². The Kier molecular flexibility index (Phi) is 4.56. The first-order valence-electron chi connectivity index (χ1n) is 6.29. The highest BCUT2D eigenvalue weighted by atomic mass is 35.5. The van der Waals surface area contributed by atoms with Crippen molar-refractivity contribution in [2.75, 3.05) is 0 Å². The lowest BCUT2D eigenvalue weighted by molar-refractivity contribution is 0.623. The monoisotopic (exact) mass is 277 g/mol. The third kappa shape index (κ3) is 4.05. The predicted molar refractivity (Wildman–Crippen MR) is 78.0 cm³/mol. The van der Waals surface area contributed by atoms with Crippen molar-refractivity contribution in [3.8, 4) is 0 Å². The minimum absolute atomic E-state index is 0.0225. The molecule has 100 valence electrons. The summed E-state index contributed by atoms with van der Waals surface area (Å²) in [6.45, 7) is 2.01. The van der Waals surface area contributed by atoms with Crippen molar-refractivity contribution < 1.29 is 4.39 Å². The maximum absolute atomic E-state index is 12.8. The molecule has 0 saturated carbocycles. The van der Waals surface area contributed by atoms with Crippen LogP contribution in [0.25, 0.3) is 0 Å². The fourth-order valence-electron chi connectivity index (χ4n) is 2.10. The van der Waals surface area contributed by atoms with E-state index < -0.39 is 0 Å². The second-order valence-corrected chi connectivity index (χ2v) is 5.30. The summed E-state index contributed by atoms with van der Waals surface area (Å²) in [7, 11) is 0. The van der Waals surface area contributed by atoms with Crippen LogP contribution in [0.2, 0.25) is 5.02 Å². The minimum atomic E-state index is -0.223. The maximum Gasteiger partial charge on any atom is 0.123 e. The van der Waals surface area contributed by atoms with Crippen molar-refractivity contribution in [3.05, 3.63) is 70.0 Å². The molecule has 2 aromatic rings. The zero-order valence-corrected chi connectivity index (χ0v) is 11.6. The van der Waals surface area contributed by atoms with Crippen LogP contribution in [0.15, 0.2) is 42.5 Å². The third-order valence-corrected chi connectivity index (χ3v) is 3.45. The van der Waals surface area contributed by atoms with Crippen LogP contribution in [0.5, 0.6) is 0 Å². The van der Waals surface area contributed by atoms with Crippen molar-refractivity contribution in [1.29, 1.82) is 0 Å². The fraction of sp³-hybridized carbons (Fsp3) is 0.250. The van der Waals surface area contributed by atoms with E-state index in [0.29, 0.717) is 6.42 Å². The molecule has 0 radical (unpaired) electrons. The van der Waals surface area contributed by atoms with Gasteiger partial charge in [-0.1, -0.05) is 35.9 Å². The second-order valence-electron chi connectivity index (χ2n) is 4.89. The van der Waals surface area contributed by atoms with Crippen molar-refractivity contribution in [2.24, 2.45) is 5.73 Å². The van der Waals surface area contributed by atoms with E-state index >= 15 is 0 Å². The molecule has 0 bridgehead atoms. The molecule has 0 aliphatic carbocycles. The van der Waals surface area contributed by atoms with Crippen LogP contribution in [-0.2, 0) is 12.8 Å². The van der Waals surface area contributed by atoms with Crippen LogP contribution < -0.4 is 5.73 Å². The Labute approximate surface area is 118 Å². The second kappa shape index (κ2) is 6.18. The molecule has 1 nitrogen and oxygen atoms in total. The first-order valence-corrected chi connectivity index (χ1v) is 6.67. The van der Waals surface area contributed by atoms with Gasteiger partial charge in [-0.2, -0.15) is 0 Å². The average molecular weight is 278 g/mol. The molecule has 0 aromatic heterocycles. The number of nitrogens with two attached hydrogens (primary N) is 1. The van der Waals surface area contributed by atoms with E-state index in [0.717, 1.165) is 28.1 Å². The first-order chi connectivity index (χ1) is 9.04. The van der Waals surface area contributed by atoms with Crippen molar-refractivity contribution in [3.63, 3.8) is 0 Å². The Bertz CT molecular complexity index is 551. The van der Waals surface area contributed by atoms with Gasteiger partial charge >= 0.3 is 0 Å². The normalized spacial score (nSPS) is 12.4. The van der Waals surface area contributed by atoms with E-state index in [1.165, 1.54) is 12.1 Å². The molecule has 0 aliphatic rings. The van der Waals surface area contributed by atoms with Crippen LogP contribution >= 0.6 is 11.6 Å². The number of hydrogen-bond acceptors (Lipinski definition) is 1. The zero-order chi connectivity index (χ0) is 13.8. The van der Waals surface area contributed by atoms with E-state index in [-0.39, 0.29) is 11.9 Å². The molecule has 0 heterocycles. The standard InChI is InChI=1S/C16H17ClFN/c1-11-2-5-13(16(17)8-11)10-15(19)9-12-3-6-14(18)7-4-12/h2-8,15H,9-10,19H2,1H3. The fourth-order valence-corrected chi connectivity index (χ4v) is 2.41. The smallest absolute Gasteiger partial charge is 0.123 e. The number of rotatable bonds is 4. The Hall–Kier alpha value is -1.38. The molecular weight excluding hydrogens is 261 g/mol. The van der Waals surface area contributed by atoms with Crippen molar-refractivity contribution in [2.45, 2.75) is 25.8 Å². The molecule has 0 saturated heterocycles. The summed E-state index contributed by atoms with van der Waals surface area (Å²) in [5.74, 6) is -0.223. The quantitative estimate of drug-likeness (QED) is 0.901. The number of benzene rings is 2. The van der Waals surface area contributed by atoms with Gasteiger partial charge in [0.15, 0.2) is 0 Å². The Morgan fingerprint density at radius 3 is 2.42 bits per heavy atom. The summed E-state index contributed by atoms with van der Waals surface area (Å²) < 4.78 is 12.8. The number of halogens is 2. The summed E-state index contributed by atoms with van der Waals surface area (Å²) in [5, 5.41) is 0.759. The van der Waals surface area contributed by atoms with Crippen LogP contribution in [0.3, 0.4) is 0 Å². The van der Waals surface area contributed by atoms with Gasteiger partial charge in [0.25, 0.3) is 0 Å². The molecule has 2 N–H and O–H groups in total. The SMILES string of the molecule is Cc1ccc(CC(N)Cc2ccc(F)cc2)c(Cl)c1. The van der Waals surface area contributed by atoms with Gasteiger partial charge < -0.3 is 5.73 Å². The minimum Gasteiger partial charge on any atom is -0.327 e. The highest BCUT2D eigenvalue weighted by Crippen LogP contribution is 2.19. The Balaban J connectivity index is 2.01. The van der Waals surface area contributed by atoms with Crippen LogP contribution in [-0.4, -0.2) is 6.04 Å². The van der Waals surface area contributed by atoms with E-state index in [1.54, 1.807) is 12.1 Å². The lowest BCUT2D eigenvalue weighted by atomic mass is 9.99. The molecule has 19 heavy (non-hydrogen) atoms. The van der Waals surface area contributed by atoms with Gasteiger partial charge in [0.1, 0.15) is 5.82 Å². The molecule has 2 rings (SSSR count). The highest BCUT2D eigenvalue weighted by molar-refractivity contribution is 6.31. The number of hydrogen-bond donors (Lipinski definition) is 1. The summed E-state index contributed by atoms with van der Waals surface area (Å²) in [5.41, 5.74) is 9.37. The summed E-state index contributed by atoms with van der Waals surface area (Å²) >= 11 is 6.19. The zero-order valence-electron chi connectivity index (χ0n) is 10.9. The van der Waals surface area contributed by atoms with Gasteiger partial charge in [0, 0.05) is 11.1 Å². The van der Waals surface area contributed by atoms with E-state index in [2.05, 4.69) is 0 Å². The average Bonchev–Trinajstić information content (AvgIpc) is 2.36. The Morgan fingerprint density at radius 1 is 1.11 bits per heavy atom. The van der Waals surface area contributed by atoms with Crippen molar-refractivity contribution >= 4 is 11.6 Å². The third-order valence-electron chi connectivity index (χ3n) is 3.10. The molecule has 1 atom stereocenters. The number of aryl methyl sites for hydroxylation is 1. The lowest BCUT2D eigenvalue weighted by Crippen LogP contribution is -2.25. The topological polar surface area (TPSA) is 26.0 Å². The van der Waals surface area contributed by atoms with Gasteiger partial charge in [0.05, 0.1) is 0 Å². The van der Waals surface area contributed by atoms with E-state index in [1.807, 2.05) is 25.1 Å². The molecule has 0 amide bonds. The maximum atomic E-state index is 12.8. The highest BCUT2D eigenvalue weighted by Gasteiger charge is 2.08. The summed E-state index contributed by atoms with van der Waals surface area (Å²) in [6, 6.07) is 12.4. The molecular formula is C16H17ClFN. The van der Waals surface area contributed by atoms with Crippen LogP contribution in [0.1, 0.15) is 16.7 Å². The summed E-state index contributed by atoms with van der Waals surface area (Å²) in [6.07, 6.45) is 1.43. The largest absolute Gasteiger partial charge is 0.327 e. The molecule has 1 unspecified atom stereocenters. The molecule has 0 fully saturated rings. The predicted octanol–water partition coefficient (Wildman–Crippen LogP) is 3.90. The molecule has 2 aromatic carbocycles. The van der Waals surface area contributed by atoms with Gasteiger partial charge in [-0.3, -0.25) is 0 Å². The van der Waals surface area contributed by atoms with Crippen LogP contribution in [0, 0.1) is 12.7 Å². The van der Waals surface area contributed by atoms with E-state index in [4.69, 9.17) is 17.3 Å². The first kappa shape index (κ1) is 14.0. The lowest BCUT2D eigenvalue weighted by Gasteiger charge is -2.13. The Morgan fingerprint density at radius 2 is 1.79 bits per heavy atom. The summed E-state index contributed by atoms with van der Waals surface area (Å²) in [4.78, 5) is 0. The molecule has 0 aliphatic heterocycles. The van der Waals surface area contributed by atoms with Gasteiger partial charge in [-0.15, -0.1) is 0 Å². The van der Waals surface area contributed by atoms with Gasteiger partial charge in [-0.25, -0.2) is 4.39 Å². The molecule has 0 spiro atoms. The van der Waals surface area contributed by atoms with E-state index in [9.17, 15) is 4.39 Å². The molecule has 3 heteroatoms. The van der Waals surface area contributed by atoms with Gasteiger partial charge in [-0.05, 0) is 54.7 Å². The van der Waals surface area contributed by atoms with Gasteiger partial charge in [0.2, 0.25) is 0 Å². The van der Waals surface area contributed by atoms with Crippen molar-refractivity contribution in [1.82, 2.24) is 0 Å².